The molecule has 0 saturated heterocycles. The number of hydrogen-bond donors (Lipinski definition) is 0. The number of imidazole rings is 1. The van der Waals surface area contributed by atoms with Crippen molar-refractivity contribution >= 4 is 22.8 Å². The Balaban J connectivity index is 1.65. The average Bonchev–Trinajstić information content (AvgIpc) is 3.00. The normalized spacial score (nSPS) is 17.6. The molecule has 1 atom stereocenters. The maximum Gasteiger partial charge on any atom is 0.106 e. The largest absolute Gasteiger partial charge is 0.327 e. The first kappa shape index (κ1) is 12.0. The zero-order valence-corrected chi connectivity index (χ0v) is 12.2. The zero-order valence-electron chi connectivity index (χ0n) is 11.4. The van der Waals surface area contributed by atoms with E-state index < -0.39 is 0 Å². The molecular weight excluding hydrogens is 264 g/mol. The van der Waals surface area contributed by atoms with Crippen LogP contribution in [0.1, 0.15) is 11.4 Å². The number of nitrogens with zero attached hydrogens (tertiary/aromatic N) is 2. The van der Waals surface area contributed by atoms with Crippen molar-refractivity contribution in [2.45, 2.75) is 30.0 Å². The van der Waals surface area contributed by atoms with E-state index in [9.17, 15) is 0 Å². The molecule has 1 aliphatic heterocycles. The van der Waals surface area contributed by atoms with Gasteiger partial charge in [0.05, 0.1) is 11.0 Å². The van der Waals surface area contributed by atoms with Gasteiger partial charge in [0.15, 0.2) is 0 Å². The topological polar surface area (TPSA) is 17.8 Å². The van der Waals surface area contributed by atoms with Gasteiger partial charge in [-0.3, -0.25) is 0 Å². The minimum Gasteiger partial charge on any atom is -0.327 e. The summed E-state index contributed by atoms with van der Waals surface area (Å²) in [6, 6.07) is 17.2. The molecule has 0 fully saturated rings. The highest BCUT2D eigenvalue weighted by atomic mass is 32.2. The maximum absolute atomic E-state index is 4.66. The summed E-state index contributed by atoms with van der Waals surface area (Å²) in [5.74, 6) is 1.11. The van der Waals surface area contributed by atoms with Crippen LogP contribution in [0.25, 0.3) is 11.0 Å². The quantitative estimate of drug-likeness (QED) is 0.704. The second kappa shape index (κ2) is 4.67. The van der Waals surface area contributed by atoms with Crippen molar-refractivity contribution < 1.29 is 0 Å². The van der Waals surface area contributed by atoms with E-state index in [-0.39, 0.29) is 0 Å². The van der Waals surface area contributed by atoms with Crippen LogP contribution in [0.4, 0.5) is 0 Å². The standard InChI is InChI=1S/C17H16N2S/c1-12-18-15-7-3-4-8-16(15)19(12)11-14-10-13-6-2-5-9-17(13)20-14/h2-9,14H,10-11H2,1H3. The summed E-state index contributed by atoms with van der Waals surface area (Å²) >= 11 is 2.00. The Hall–Kier alpha value is -1.74. The van der Waals surface area contributed by atoms with E-state index in [2.05, 4.69) is 65.0 Å². The van der Waals surface area contributed by atoms with E-state index >= 15 is 0 Å². The fraction of sp³-hybridized carbons (Fsp3) is 0.235. The maximum atomic E-state index is 4.66. The highest BCUT2D eigenvalue weighted by molar-refractivity contribution is 8.00. The summed E-state index contributed by atoms with van der Waals surface area (Å²) in [5, 5.41) is 0.615. The van der Waals surface area contributed by atoms with Gasteiger partial charge in [0, 0.05) is 16.7 Å². The van der Waals surface area contributed by atoms with Gasteiger partial charge in [-0.25, -0.2) is 4.98 Å². The first-order valence-electron chi connectivity index (χ1n) is 6.98. The molecule has 2 nitrogen and oxygen atoms in total. The van der Waals surface area contributed by atoms with Gasteiger partial charge in [0.25, 0.3) is 0 Å². The van der Waals surface area contributed by atoms with Crippen LogP contribution in [0.3, 0.4) is 0 Å². The minimum atomic E-state index is 0.615. The Morgan fingerprint density at radius 3 is 2.85 bits per heavy atom. The number of rotatable bonds is 2. The average molecular weight is 280 g/mol. The van der Waals surface area contributed by atoms with Crippen LogP contribution in [-0.2, 0) is 13.0 Å². The lowest BCUT2D eigenvalue weighted by Crippen LogP contribution is -2.13. The number of aryl methyl sites for hydroxylation is 1. The molecule has 0 N–H and O–H groups in total. The van der Waals surface area contributed by atoms with Gasteiger partial charge in [0.2, 0.25) is 0 Å². The molecule has 20 heavy (non-hydrogen) atoms. The molecule has 0 bridgehead atoms. The van der Waals surface area contributed by atoms with Gasteiger partial charge in [-0.1, -0.05) is 30.3 Å². The molecule has 0 saturated carbocycles. The first-order valence-corrected chi connectivity index (χ1v) is 7.85. The van der Waals surface area contributed by atoms with Crippen LogP contribution in [-0.4, -0.2) is 14.8 Å². The minimum absolute atomic E-state index is 0.615. The summed E-state index contributed by atoms with van der Waals surface area (Å²) in [4.78, 5) is 6.10. The Bertz CT molecular complexity index is 751. The lowest BCUT2D eigenvalue weighted by molar-refractivity contribution is 0.661. The number of thioether (sulfide) groups is 1. The van der Waals surface area contributed by atoms with Crippen molar-refractivity contribution in [3.05, 3.63) is 59.9 Å². The van der Waals surface area contributed by atoms with Gasteiger partial charge in [-0.2, -0.15) is 0 Å². The van der Waals surface area contributed by atoms with Crippen molar-refractivity contribution in [3.8, 4) is 0 Å². The second-order valence-electron chi connectivity index (χ2n) is 5.31. The molecule has 1 unspecified atom stereocenters. The van der Waals surface area contributed by atoms with Crippen LogP contribution >= 0.6 is 11.8 Å². The van der Waals surface area contributed by atoms with E-state index in [1.165, 1.54) is 16.0 Å². The Morgan fingerprint density at radius 1 is 1.15 bits per heavy atom. The predicted molar refractivity (Wildman–Crippen MR) is 84.3 cm³/mol. The highest BCUT2D eigenvalue weighted by Crippen LogP contribution is 2.38. The second-order valence-corrected chi connectivity index (χ2v) is 6.65. The lowest BCUT2D eigenvalue weighted by Gasteiger charge is -2.12. The highest BCUT2D eigenvalue weighted by Gasteiger charge is 2.23. The fourth-order valence-corrected chi connectivity index (χ4v) is 4.29. The zero-order chi connectivity index (χ0) is 13.5. The van der Waals surface area contributed by atoms with Crippen LogP contribution in [0, 0.1) is 6.92 Å². The molecule has 0 spiro atoms. The lowest BCUT2D eigenvalue weighted by atomic mass is 10.1. The van der Waals surface area contributed by atoms with Gasteiger partial charge in [-0.05, 0) is 37.1 Å². The van der Waals surface area contributed by atoms with E-state index in [1.54, 1.807) is 0 Å². The molecule has 2 heterocycles. The third kappa shape index (κ3) is 1.93. The molecule has 100 valence electrons. The molecular formula is C17H16N2S. The SMILES string of the molecule is Cc1nc2ccccc2n1CC1Cc2ccccc2S1. The van der Waals surface area contributed by atoms with Gasteiger partial charge < -0.3 is 4.57 Å². The number of para-hydroxylation sites is 2. The van der Waals surface area contributed by atoms with E-state index in [0.29, 0.717) is 5.25 Å². The van der Waals surface area contributed by atoms with Crippen LogP contribution in [0.5, 0.6) is 0 Å². The number of fused-ring (bicyclic) bond motifs is 2. The monoisotopic (exact) mass is 280 g/mol. The van der Waals surface area contributed by atoms with E-state index in [4.69, 9.17) is 0 Å². The molecule has 2 aromatic carbocycles. The van der Waals surface area contributed by atoms with E-state index in [1.807, 2.05) is 11.8 Å². The number of benzene rings is 2. The van der Waals surface area contributed by atoms with Crippen molar-refractivity contribution in [2.24, 2.45) is 0 Å². The van der Waals surface area contributed by atoms with Crippen molar-refractivity contribution in [3.63, 3.8) is 0 Å². The molecule has 1 aliphatic rings. The van der Waals surface area contributed by atoms with Gasteiger partial charge in [0.1, 0.15) is 5.82 Å². The molecule has 3 heteroatoms. The summed E-state index contributed by atoms with van der Waals surface area (Å²) in [6.07, 6.45) is 1.16. The molecule has 0 radical (unpaired) electrons. The summed E-state index contributed by atoms with van der Waals surface area (Å²) in [6.45, 7) is 3.14. The Kier molecular flexibility index (Phi) is 2.81. The smallest absolute Gasteiger partial charge is 0.106 e. The van der Waals surface area contributed by atoms with Crippen LogP contribution < -0.4 is 0 Å². The summed E-state index contributed by atoms with van der Waals surface area (Å²) < 4.78 is 2.36. The predicted octanol–water partition coefficient (Wildman–Crippen LogP) is 4.06. The van der Waals surface area contributed by atoms with Crippen LogP contribution in [0.15, 0.2) is 53.4 Å². The van der Waals surface area contributed by atoms with Crippen molar-refractivity contribution in [1.82, 2.24) is 9.55 Å². The molecule has 0 aliphatic carbocycles. The first-order chi connectivity index (χ1) is 9.81. The van der Waals surface area contributed by atoms with E-state index in [0.717, 1.165) is 24.3 Å². The third-order valence-corrected chi connectivity index (χ3v) is 5.25. The van der Waals surface area contributed by atoms with Gasteiger partial charge in [-0.15, -0.1) is 11.8 Å². The Morgan fingerprint density at radius 2 is 1.95 bits per heavy atom. The van der Waals surface area contributed by atoms with Crippen molar-refractivity contribution in [1.29, 1.82) is 0 Å². The number of aromatic nitrogens is 2. The Labute approximate surface area is 122 Å². The molecule has 4 rings (SSSR count). The number of hydrogen-bond acceptors (Lipinski definition) is 2. The fourth-order valence-electron chi connectivity index (χ4n) is 2.99. The van der Waals surface area contributed by atoms with Crippen LogP contribution in [0.2, 0.25) is 0 Å². The van der Waals surface area contributed by atoms with Crippen molar-refractivity contribution in [2.75, 3.05) is 0 Å². The molecule has 0 amide bonds. The summed E-state index contributed by atoms with van der Waals surface area (Å²) in [7, 11) is 0. The third-order valence-electron chi connectivity index (χ3n) is 3.95. The molecule has 3 aromatic rings. The van der Waals surface area contributed by atoms with Gasteiger partial charge >= 0.3 is 0 Å². The summed E-state index contributed by atoms with van der Waals surface area (Å²) in [5.41, 5.74) is 3.84. The molecule has 1 aromatic heterocycles.